The van der Waals surface area contributed by atoms with Crippen molar-refractivity contribution in [2.45, 2.75) is 12.2 Å². The smallest absolute Gasteiger partial charge is 0.321 e. The highest BCUT2D eigenvalue weighted by atomic mass is 32.2. The lowest BCUT2D eigenvalue weighted by Gasteiger charge is -2.22. The summed E-state index contributed by atoms with van der Waals surface area (Å²) in [5.41, 5.74) is 0.747. The lowest BCUT2D eigenvalue weighted by molar-refractivity contribution is -0.120. The quantitative estimate of drug-likeness (QED) is 0.597. The van der Waals surface area contributed by atoms with E-state index in [1.165, 1.54) is 31.2 Å². The molecule has 0 saturated carbocycles. The monoisotopic (exact) mass is 326 g/mol. The number of imide groups is 1. The normalized spacial score (nSPS) is 18.1. The predicted molar refractivity (Wildman–Crippen MR) is 78.6 cm³/mol. The molecular weight excluding hydrogens is 312 g/mol. The molecule has 1 fully saturated rings. The summed E-state index contributed by atoms with van der Waals surface area (Å²) in [4.78, 5) is 33.4. The van der Waals surface area contributed by atoms with Crippen LogP contribution in [0.25, 0.3) is 0 Å². The molecule has 0 aliphatic carbocycles. The maximum atomic E-state index is 12.1. The van der Waals surface area contributed by atoms with Crippen LogP contribution in [0.1, 0.15) is 6.92 Å². The number of rotatable bonds is 4. The maximum Gasteiger partial charge on any atom is 0.321 e. The van der Waals surface area contributed by atoms with Gasteiger partial charge in [-0.2, -0.15) is 0 Å². The Hall–Kier alpha value is -2.62. The molecule has 118 valence electrons. The number of nitrogens with one attached hydrogen (secondary N) is 4. The third-order valence-corrected chi connectivity index (χ3v) is 4.47. The van der Waals surface area contributed by atoms with Crippen LogP contribution in [0.2, 0.25) is 0 Å². The number of hydrogen-bond acceptors (Lipinski definition) is 5. The molecule has 1 heterocycles. The van der Waals surface area contributed by atoms with Crippen LogP contribution in [0, 0.1) is 0 Å². The molecular formula is C12H14N4O5S. The molecule has 1 aliphatic rings. The minimum atomic E-state index is -4.01. The molecule has 4 N–H and O–H groups in total. The molecule has 0 spiro atoms. The zero-order valence-electron chi connectivity index (χ0n) is 11.5. The van der Waals surface area contributed by atoms with Crippen LogP contribution in [0.15, 0.2) is 24.3 Å². The van der Waals surface area contributed by atoms with Gasteiger partial charge in [-0.1, -0.05) is 0 Å². The van der Waals surface area contributed by atoms with E-state index in [1.807, 2.05) is 5.32 Å². The molecule has 22 heavy (non-hydrogen) atoms. The molecule has 0 radical (unpaired) electrons. The molecule has 0 bridgehead atoms. The number of hydrogen-bond donors (Lipinski definition) is 4. The second kappa shape index (κ2) is 6.02. The number of sulfonamides is 1. The number of urea groups is 1. The third-order valence-electron chi connectivity index (χ3n) is 2.82. The van der Waals surface area contributed by atoms with E-state index in [0.29, 0.717) is 5.69 Å². The molecule has 10 heteroatoms. The van der Waals surface area contributed by atoms with Crippen molar-refractivity contribution >= 4 is 39.2 Å². The summed E-state index contributed by atoms with van der Waals surface area (Å²) in [5.74, 6) is -1.13. The number of carbonyl (C=O) groups excluding carboxylic acids is 3. The van der Waals surface area contributed by atoms with Gasteiger partial charge in [0.05, 0.1) is 0 Å². The first-order valence-corrected chi connectivity index (χ1v) is 7.80. The van der Waals surface area contributed by atoms with Crippen LogP contribution in [0.4, 0.5) is 16.2 Å². The van der Waals surface area contributed by atoms with Crippen LogP contribution >= 0.6 is 0 Å². The van der Waals surface area contributed by atoms with E-state index in [4.69, 9.17) is 0 Å². The molecule has 1 aromatic carbocycles. The Labute approximate surface area is 126 Å². The Morgan fingerprint density at radius 1 is 1.18 bits per heavy atom. The lowest BCUT2D eigenvalue weighted by atomic mass is 10.3. The maximum absolute atomic E-state index is 12.1. The van der Waals surface area contributed by atoms with Crippen LogP contribution in [-0.4, -0.2) is 38.1 Å². The highest BCUT2D eigenvalue weighted by Crippen LogP contribution is 2.16. The fourth-order valence-electron chi connectivity index (χ4n) is 1.83. The van der Waals surface area contributed by atoms with Crippen LogP contribution in [-0.2, 0) is 19.6 Å². The van der Waals surface area contributed by atoms with Gasteiger partial charge in [0.1, 0.15) is 0 Å². The average Bonchev–Trinajstić information content (AvgIpc) is 2.39. The number of anilines is 2. The van der Waals surface area contributed by atoms with Crippen molar-refractivity contribution in [2.24, 2.45) is 0 Å². The Balaban J connectivity index is 2.10. The second-order valence-electron chi connectivity index (χ2n) is 4.59. The molecule has 4 amide bonds. The number of benzene rings is 1. The van der Waals surface area contributed by atoms with Gasteiger partial charge in [0.15, 0.2) is 5.25 Å². The van der Waals surface area contributed by atoms with Gasteiger partial charge in [-0.3, -0.25) is 19.6 Å². The Bertz CT molecular complexity index is 714. The van der Waals surface area contributed by atoms with Gasteiger partial charge in [-0.05, 0) is 24.3 Å². The van der Waals surface area contributed by atoms with Gasteiger partial charge in [0.25, 0.3) is 0 Å². The van der Waals surface area contributed by atoms with Gasteiger partial charge in [-0.15, -0.1) is 0 Å². The first-order chi connectivity index (χ1) is 10.3. The van der Waals surface area contributed by atoms with E-state index < -0.39 is 27.2 Å². The highest BCUT2D eigenvalue weighted by molar-refractivity contribution is 7.94. The summed E-state index contributed by atoms with van der Waals surface area (Å²) in [6.07, 6.45) is 0. The van der Waals surface area contributed by atoms with Crippen molar-refractivity contribution in [3.63, 3.8) is 0 Å². The summed E-state index contributed by atoms with van der Waals surface area (Å²) < 4.78 is 26.5. The van der Waals surface area contributed by atoms with Crippen molar-refractivity contribution in [3.05, 3.63) is 24.3 Å². The van der Waals surface area contributed by atoms with Crippen molar-refractivity contribution in [1.82, 2.24) is 10.6 Å². The lowest BCUT2D eigenvalue weighted by Crippen LogP contribution is -2.58. The molecule has 1 aliphatic heterocycles. The average molecular weight is 326 g/mol. The summed E-state index contributed by atoms with van der Waals surface area (Å²) in [6.45, 7) is 1.05. The zero-order valence-corrected chi connectivity index (χ0v) is 12.4. The SMILES string of the molecule is CC(=O)Nc1ccc(NS(=O)(=O)C2CNC(=O)NC2=O)cc1. The van der Waals surface area contributed by atoms with E-state index >= 15 is 0 Å². The van der Waals surface area contributed by atoms with Crippen molar-refractivity contribution in [1.29, 1.82) is 0 Å². The molecule has 0 aromatic heterocycles. The van der Waals surface area contributed by atoms with E-state index in [0.717, 1.165) is 0 Å². The predicted octanol–water partition coefficient (Wildman–Crippen LogP) is -0.405. The molecule has 2 rings (SSSR count). The summed E-state index contributed by atoms with van der Waals surface area (Å²) >= 11 is 0. The van der Waals surface area contributed by atoms with Gasteiger partial charge in [0, 0.05) is 24.8 Å². The highest BCUT2D eigenvalue weighted by Gasteiger charge is 2.37. The van der Waals surface area contributed by atoms with Gasteiger partial charge < -0.3 is 10.6 Å². The number of carbonyl (C=O) groups is 3. The first-order valence-electron chi connectivity index (χ1n) is 6.26. The fourth-order valence-corrected chi connectivity index (χ4v) is 3.08. The molecule has 9 nitrogen and oxygen atoms in total. The van der Waals surface area contributed by atoms with E-state index in [9.17, 15) is 22.8 Å². The molecule has 1 unspecified atom stereocenters. The number of amides is 4. The van der Waals surface area contributed by atoms with E-state index in [1.54, 1.807) is 0 Å². The molecule has 1 aromatic rings. The first kappa shape index (κ1) is 15.8. The third kappa shape index (κ3) is 3.73. The largest absolute Gasteiger partial charge is 0.336 e. The van der Waals surface area contributed by atoms with Crippen molar-refractivity contribution in [3.8, 4) is 0 Å². The second-order valence-corrected chi connectivity index (χ2v) is 6.46. The van der Waals surface area contributed by atoms with Crippen LogP contribution < -0.4 is 20.7 Å². The van der Waals surface area contributed by atoms with Gasteiger partial charge in [-0.25, -0.2) is 13.2 Å². The van der Waals surface area contributed by atoms with Crippen molar-refractivity contribution in [2.75, 3.05) is 16.6 Å². The van der Waals surface area contributed by atoms with Gasteiger partial charge >= 0.3 is 6.03 Å². The Morgan fingerprint density at radius 3 is 2.32 bits per heavy atom. The summed E-state index contributed by atoms with van der Waals surface area (Å²) in [7, 11) is -4.01. The standard InChI is InChI=1S/C12H14N4O5S/c1-7(17)14-8-2-4-9(5-3-8)16-22(20,21)10-6-13-12(19)15-11(10)18/h2-5,10,16H,6H2,1H3,(H,14,17)(H2,13,15,18,19). The minimum absolute atomic E-state index is 0.235. The van der Waals surface area contributed by atoms with E-state index in [-0.39, 0.29) is 18.1 Å². The summed E-state index contributed by atoms with van der Waals surface area (Å²) in [5, 5.41) is 5.27. The molecule has 1 saturated heterocycles. The zero-order chi connectivity index (χ0) is 16.3. The Morgan fingerprint density at radius 2 is 1.77 bits per heavy atom. The van der Waals surface area contributed by atoms with E-state index in [2.05, 4.69) is 15.4 Å². The fraction of sp³-hybridized carbons (Fsp3) is 0.250. The van der Waals surface area contributed by atoms with Crippen molar-refractivity contribution < 1.29 is 22.8 Å². The summed E-state index contributed by atoms with van der Waals surface area (Å²) in [6, 6.07) is 5.20. The minimum Gasteiger partial charge on any atom is -0.336 e. The van der Waals surface area contributed by atoms with Gasteiger partial charge in [0.2, 0.25) is 21.8 Å². The van der Waals surface area contributed by atoms with Crippen LogP contribution in [0.3, 0.4) is 0 Å². The Kier molecular flexibility index (Phi) is 4.31. The van der Waals surface area contributed by atoms with Crippen LogP contribution in [0.5, 0.6) is 0 Å². The topological polar surface area (TPSA) is 133 Å². The molecule has 1 atom stereocenters.